The first-order valence-electron chi connectivity index (χ1n) is 7.51. The molecule has 0 aliphatic rings. The van der Waals surface area contributed by atoms with Crippen LogP contribution in [0.2, 0.25) is 0 Å². The van der Waals surface area contributed by atoms with Gasteiger partial charge < -0.3 is 10.1 Å². The Morgan fingerprint density at radius 1 is 1.32 bits per heavy atom. The molecular formula is C17H25N3O2. The van der Waals surface area contributed by atoms with Gasteiger partial charge in [-0.2, -0.15) is 5.26 Å². The fraction of sp³-hybridized carbons (Fsp3) is 0.529. The van der Waals surface area contributed by atoms with Crippen LogP contribution in [-0.2, 0) is 11.3 Å². The molecule has 0 bridgehead atoms. The molecule has 0 saturated heterocycles. The molecule has 0 radical (unpaired) electrons. The van der Waals surface area contributed by atoms with Gasteiger partial charge in [0.25, 0.3) is 0 Å². The summed E-state index contributed by atoms with van der Waals surface area (Å²) in [6.07, 6.45) is 0.371. The number of alkyl carbamates (subject to hydrolysis) is 1. The van der Waals surface area contributed by atoms with Crippen molar-refractivity contribution in [3.8, 4) is 6.07 Å². The second-order valence-corrected chi connectivity index (χ2v) is 6.14. The predicted molar refractivity (Wildman–Crippen MR) is 86.2 cm³/mol. The topological polar surface area (TPSA) is 65.4 Å². The molecule has 1 N–H and O–H groups in total. The molecule has 0 heterocycles. The Morgan fingerprint density at radius 3 is 2.59 bits per heavy atom. The molecule has 0 atom stereocenters. The molecule has 0 aliphatic carbocycles. The zero-order chi connectivity index (χ0) is 16.4. The molecule has 5 nitrogen and oxygen atoms in total. The van der Waals surface area contributed by atoms with Crippen LogP contribution in [0.1, 0.15) is 32.8 Å². The van der Waals surface area contributed by atoms with Crippen molar-refractivity contribution in [1.82, 2.24) is 10.2 Å². The van der Waals surface area contributed by atoms with Crippen LogP contribution in [0, 0.1) is 11.3 Å². The number of benzene rings is 1. The number of hydrogen-bond donors (Lipinski definition) is 1. The van der Waals surface area contributed by atoms with E-state index >= 15 is 0 Å². The summed E-state index contributed by atoms with van der Waals surface area (Å²) in [5.41, 5.74) is 0.697. The normalized spacial score (nSPS) is 11.0. The maximum Gasteiger partial charge on any atom is 0.407 e. The highest BCUT2D eigenvalue weighted by Gasteiger charge is 2.15. The SMILES string of the molecule is CC(C)(C)OC(=O)NCCCN(CC#N)Cc1ccccc1. The smallest absolute Gasteiger partial charge is 0.407 e. The minimum atomic E-state index is -0.482. The molecule has 0 fully saturated rings. The first-order valence-corrected chi connectivity index (χ1v) is 7.51. The van der Waals surface area contributed by atoms with E-state index in [-0.39, 0.29) is 0 Å². The minimum Gasteiger partial charge on any atom is -0.444 e. The fourth-order valence-electron chi connectivity index (χ4n) is 1.96. The maximum atomic E-state index is 11.5. The van der Waals surface area contributed by atoms with Crippen LogP contribution in [0.5, 0.6) is 0 Å². The van der Waals surface area contributed by atoms with Gasteiger partial charge in [-0.15, -0.1) is 0 Å². The maximum absolute atomic E-state index is 11.5. The van der Waals surface area contributed by atoms with Gasteiger partial charge in [-0.25, -0.2) is 4.79 Å². The lowest BCUT2D eigenvalue weighted by Gasteiger charge is -2.21. The molecule has 1 rings (SSSR count). The Bertz CT molecular complexity index is 489. The zero-order valence-electron chi connectivity index (χ0n) is 13.6. The fourth-order valence-corrected chi connectivity index (χ4v) is 1.96. The number of ether oxygens (including phenoxy) is 1. The van der Waals surface area contributed by atoms with Crippen molar-refractivity contribution < 1.29 is 9.53 Å². The number of carbonyl (C=O) groups excluding carboxylic acids is 1. The number of nitrogens with one attached hydrogen (secondary N) is 1. The second kappa shape index (κ2) is 9.06. The molecule has 0 aromatic heterocycles. The average Bonchev–Trinajstić information content (AvgIpc) is 2.43. The van der Waals surface area contributed by atoms with Crippen LogP contribution in [0.15, 0.2) is 30.3 Å². The lowest BCUT2D eigenvalue weighted by molar-refractivity contribution is 0.0525. The number of hydrogen-bond acceptors (Lipinski definition) is 4. The third-order valence-corrected chi connectivity index (χ3v) is 2.86. The van der Waals surface area contributed by atoms with Crippen molar-refractivity contribution in [3.63, 3.8) is 0 Å². The molecule has 1 aromatic carbocycles. The summed E-state index contributed by atoms with van der Waals surface area (Å²) < 4.78 is 5.17. The van der Waals surface area contributed by atoms with Gasteiger partial charge in [0.1, 0.15) is 5.60 Å². The summed E-state index contributed by atoms with van der Waals surface area (Å²) in [5.74, 6) is 0. The Kier molecular flexibility index (Phi) is 7.41. The summed E-state index contributed by atoms with van der Waals surface area (Å²) in [6, 6.07) is 12.2. The molecule has 0 unspecified atom stereocenters. The van der Waals surface area contributed by atoms with Gasteiger partial charge in [-0.3, -0.25) is 4.90 Å². The molecule has 1 aromatic rings. The van der Waals surface area contributed by atoms with Crippen LogP contribution in [0.4, 0.5) is 4.79 Å². The van der Waals surface area contributed by atoms with E-state index in [1.165, 1.54) is 5.56 Å². The largest absolute Gasteiger partial charge is 0.444 e. The van der Waals surface area contributed by atoms with E-state index in [1.807, 2.05) is 51.1 Å². The van der Waals surface area contributed by atoms with Gasteiger partial charge in [0.15, 0.2) is 0 Å². The van der Waals surface area contributed by atoms with Crippen molar-refractivity contribution >= 4 is 6.09 Å². The quantitative estimate of drug-likeness (QED) is 0.621. The molecule has 1 amide bonds. The van der Waals surface area contributed by atoms with Crippen molar-refractivity contribution in [3.05, 3.63) is 35.9 Å². The average molecular weight is 303 g/mol. The molecule has 0 saturated carbocycles. The van der Waals surface area contributed by atoms with Gasteiger partial charge in [0.05, 0.1) is 12.6 Å². The highest BCUT2D eigenvalue weighted by atomic mass is 16.6. The van der Waals surface area contributed by atoms with Gasteiger partial charge >= 0.3 is 6.09 Å². The monoisotopic (exact) mass is 303 g/mol. The second-order valence-electron chi connectivity index (χ2n) is 6.14. The molecule has 0 aliphatic heterocycles. The van der Waals surface area contributed by atoms with E-state index < -0.39 is 11.7 Å². The van der Waals surface area contributed by atoms with Gasteiger partial charge in [0.2, 0.25) is 0 Å². The van der Waals surface area contributed by atoms with Crippen molar-refractivity contribution in [2.75, 3.05) is 19.6 Å². The van der Waals surface area contributed by atoms with Gasteiger partial charge in [-0.05, 0) is 32.8 Å². The summed E-state index contributed by atoms with van der Waals surface area (Å²) in [4.78, 5) is 13.6. The van der Waals surface area contributed by atoms with Crippen LogP contribution in [0.25, 0.3) is 0 Å². The lowest BCUT2D eigenvalue weighted by Crippen LogP contribution is -2.34. The Balaban J connectivity index is 2.30. The number of rotatable bonds is 7. The summed E-state index contributed by atoms with van der Waals surface area (Å²) in [7, 11) is 0. The minimum absolute atomic E-state index is 0.376. The molecule has 22 heavy (non-hydrogen) atoms. The van der Waals surface area contributed by atoms with Crippen molar-refractivity contribution in [2.45, 2.75) is 39.3 Å². The van der Waals surface area contributed by atoms with Gasteiger partial charge in [-0.1, -0.05) is 30.3 Å². The van der Waals surface area contributed by atoms with E-state index in [0.29, 0.717) is 13.1 Å². The number of nitriles is 1. The molecule has 0 spiro atoms. The van der Waals surface area contributed by atoms with Crippen LogP contribution >= 0.6 is 0 Å². The molecule has 5 heteroatoms. The Labute approximate surface area is 132 Å². The number of amides is 1. The predicted octanol–water partition coefficient (Wildman–Crippen LogP) is 2.93. The molecule has 120 valence electrons. The first kappa shape index (κ1) is 18.0. The third kappa shape index (κ3) is 8.28. The standard InChI is InChI=1S/C17H25N3O2/c1-17(2,3)22-16(21)19-11-7-12-20(13-10-18)14-15-8-5-4-6-9-15/h4-6,8-9H,7,11-14H2,1-3H3,(H,19,21). The molecular weight excluding hydrogens is 278 g/mol. The van der Waals surface area contributed by atoms with Crippen molar-refractivity contribution in [1.29, 1.82) is 5.26 Å². The summed E-state index contributed by atoms with van der Waals surface area (Å²) in [5, 5.41) is 11.6. The zero-order valence-corrected chi connectivity index (χ0v) is 13.6. The van der Waals surface area contributed by atoms with E-state index in [0.717, 1.165) is 19.5 Å². The van der Waals surface area contributed by atoms with E-state index in [2.05, 4.69) is 16.3 Å². The van der Waals surface area contributed by atoms with Gasteiger partial charge in [0, 0.05) is 19.6 Å². The summed E-state index contributed by atoms with van der Waals surface area (Å²) >= 11 is 0. The first-order chi connectivity index (χ1) is 10.4. The van der Waals surface area contributed by atoms with E-state index in [9.17, 15) is 4.79 Å². The summed E-state index contributed by atoms with van der Waals surface area (Å²) in [6.45, 7) is 7.90. The van der Waals surface area contributed by atoms with Crippen LogP contribution in [-0.4, -0.2) is 36.2 Å². The highest BCUT2D eigenvalue weighted by molar-refractivity contribution is 5.67. The van der Waals surface area contributed by atoms with Crippen LogP contribution < -0.4 is 5.32 Å². The lowest BCUT2D eigenvalue weighted by atomic mass is 10.2. The number of carbonyl (C=O) groups is 1. The third-order valence-electron chi connectivity index (χ3n) is 2.86. The highest BCUT2D eigenvalue weighted by Crippen LogP contribution is 2.07. The Hall–Kier alpha value is -2.06. The van der Waals surface area contributed by atoms with E-state index in [4.69, 9.17) is 10.00 Å². The van der Waals surface area contributed by atoms with Crippen LogP contribution in [0.3, 0.4) is 0 Å². The van der Waals surface area contributed by atoms with Crippen molar-refractivity contribution in [2.24, 2.45) is 0 Å². The van der Waals surface area contributed by atoms with E-state index in [1.54, 1.807) is 0 Å². The Morgan fingerprint density at radius 2 is 2.00 bits per heavy atom. The number of nitrogens with zero attached hydrogens (tertiary/aromatic N) is 2.